The fraction of sp³-hybridized carbons (Fsp3) is 0.793. The molecule has 4 rings (SSSR count). The fourth-order valence-corrected chi connectivity index (χ4v) is 8.40. The Hall–Kier alpha value is -1.22. The van der Waals surface area contributed by atoms with Crippen LogP contribution in [0.3, 0.4) is 0 Å². The third-order valence-electron chi connectivity index (χ3n) is 10.5. The first-order chi connectivity index (χ1) is 14.9. The van der Waals surface area contributed by atoms with Crippen LogP contribution < -0.4 is 0 Å². The van der Waals surface area contributed by atoms with Crippen molar-refractivity contribution < 1.29 is 14.7 Å². The number of allylic oxidation sites excluding steroid dienone is 2. The number of ketones is 2. The standard InChI is InChI=1S/C29H44O3/c1-16(2)17(3)8-9-18(4)20-10-11-21-26-24(31)14-22-19(5)23(30)12-13-28(22,6)27(26)25(32)15-29(20,21)7/h16,18-22,24,31H,3,8-15H2,1-2,4-7H3/t18-,19+,20-,21+,22+,24?,28+,29-/m1/s1. The molecule has 0 saturated heterocycles. The molecule has 4 aliphatic carbocycles. The van der Waals surface area contributed by atoms with Gasteiger partial charge in [-0.3, -0.25) is 9.59 Å². The molecule has 178 valence electrons. The number of hydrogen-bond acceptors (Lipinski definition) is 3. The lowest BCUT2D eigenvalue weighted by Gasteiger charge is -2.55. The Balaban J connectivity index is 1.65. The molecule has 2 fully saturated rings. The molecule has 3 nitrogen and oxygen atoms in total. The second-order valence-corrected chi connectivity index (χ2v) is 12.5. The molecular weight excluding hydrogens is 396 g/mol. The molecule has 0 amide bonds. The zero-order valence-electron chi connectivity index (χ0n) is 21.2. The van der Waals surface area contributed by atoms with Crippen LogP contribution in [0.25, 0.3) is 0 Å². The second kappa shape index (κ2) is 8.22. The maximum atomic E-state index is 13.8. The van der Waals surface area contributed by atoms with Crippen molar-refractivity contribution in [1.82, 2.24) is 0 Å². The van der Waals surface area contributed by atoms with Gasteiger partial charge in [-0.1, -0.05) is 53.7 Å². The Morgan fingerprint density at radius 3 is 2.53 bits per heavy atom. The van der Waals surface area contributed by atoms with Crippen LogP contribution in [0.15, 0.2) is 23.3 Å². The fourth-order valence-electron chi connectivity index (χ4n) is 8.40. The lowest BCUT2D eigenvalue weighted by molar-refractivity contribution is -0.135. The number of aliphatic hydroxyl groups is 1. The van der Waals surface area contributed by atoms with E-state index in [0.717, 1.165) is 43.3 Å². The first-order valence-electron chi connectivity index (χ1n) is 13.1. The zero-order chi connectivity index (χ0) is 23.6. The molecule has 0 aromatic carbocycles. The van der Waals surface area contributed by atoms with Gasteiger partial charge < -0.3 is 5.11 Å². The number of carbonyl (C=O) groups is 2. The van der Waals surface area contributed by atoms with Crippen molar-refractivity contribution in [3.63, 3.8) is 0 Å². The van der Waals surface area contributed by atoms with Gasteiger partial charge in [-0.15, -0.1) is 0 Å². The van der Waals surface area contributed by atoms with Crippen LogP contribution in [0, 0.1) is 46.3 Å². The predicted molar refractivity (Wildman–Crippen MR) is 129 cm³/mol. The molecule has 1 N–H and O–H groups in total. The molecule has 1 unspecified atom stereocenters. The van der Waals surface area contributed by atoms with Gasteiger partial charge in [0.1, 0.15) is 5.78 Å². The molecule has 8 atom stereocenters. The number of Topliss-reactive ketones (excluding diaryl/α,β-unsaturated/α-hetero) is 2. The topological polar surface area (TPSA) is 54.4 Å². The smallest absolute Gasteiger partial charge is 0.160 e. The van der Waals surface area contributed by atoms with Gasteiger partial charge in [0, 0.05) is 29.7 Å². The molecule has 3 heteroatoms. The summed E-state index contributed by atoms with van der Waals surface area (Å²) >= 11 is 0. The van der Waals surface area contributed by atoms with Crippen LogP contribution in [-0.4, -0.2) is 22.8 Å². The highest BCUT2D eigenvalue weighted by atomic mass is 16.3. The van der Waals surface area contributed by atoms with E-state index >= 15 is 0 Å². The molecule has 0 aromatic heterocycles. The minimum absolute atomic E-state index is 0.0607. The van der Waals surface area contributed by atoms with Crippen molar-refractivity contribution in [3.05, 3.63) is 23.3 Å². The van der Waals surface area contributed by atoms with Crippen LogP contribution >= 0.6 is 0 Å². The summed E-state index contributed by atoms with van der Waals surface area (Å²) in [6.07, 6.45) is 6.41. The molecule has 0 aliphatic heterocycles. The summed E-state index contributed by atoms with van der Waals surface area (Å²) in [7, 11) is 0. The molecule has 0 spiro atoms. The minimum atomic E-state index is -0.570. The summed E-state index contributed by atoms with van der Waals surface area (Å²) in [6.45, 7) is 17.6. The van der Waals surface area contributed by atoms with E-state index in [1.54, 1.807) is 0 Å². The largest absolute Gasteiger partial charge is 0.389 e. The Morgan fingerprint density at radius 2 is 1.88 bits per heavy atom. The molecular formula is C29H44O3. The van der Waals surface area contributed by atoms with Gasteiger partial charge in [-0.2, -0.15) is 0 Å². The Bertz CT molecular complexity index is 850. The van der Waals surface area contributed by atoms with Crippen LogP contribution in [-0.2, 0) is 9.59 Å². The SMILES string of the molecule is C=C(CC[C@@H](C)[C@H]1CC[C@H]2C3=C(C(=O)C[C@]12C)[C@@]1(C)CCC(=O)[C@@H](C)[C@@H]1CC3O)C(C)C. The normalized spacial score (nSPS) is 42.6. The maximum Gasteiger partial charge on any atom is 0.160 e. The summed E-state index contributed by atoms with van der Waals surface area (Å²) in [5, 5.41) is 11.4. The van der Waals surface area contributed by atoms with E-state index in [9.17, 15) is 14.7 Å². The van der Waals surface area contributed by atoms with E-state index in [4.69, 9.17) is 0 Å². The van der Waals surface area contributed by atoms with Gasteiger partial charge in [-0.05, 0) is 79.1 Å². The molecule has 0 heterocycles. The Kier molecular flexibility index (Phi) is 6.14. The van der Waals surface area contributed by atoms with E-state index in [-0.39, 0.29) is 28.4 Å². The third-order valence-corrected chi connectivity index (χ3v) is 10.5. The Morgan fingerprint density at radius 1 is 1.19 bits per heavy atom. The summed E-state index contributed by atoms with van der Waals surface area (Å²) < 4.78 is 0. The quantitative estimate of drug-likeness (QED) is 0.510. The summed E-state index contributed by atoms with van der Waals surface area (Å²) in [4.78, 5) is 26.3. The monoisotopic (exact) mass is 440 g/mol. The van der Waals surface area contributed by atoms with Crippen molar-refractivity contribution in [2.45, 2.75) is 99.0 Å². The van der Waals surface area contributed by atoms with Gasteiger partial charge >= 0.3 is 0 Å². The van der Waals surface area contributed by atoms with Crippen molar-refractivity contribution in [2.75, 3.05) is 0 Å². The highest BCUT2D eigenvalue weighted by Crippen LogP contribution is 2.65. The van der Waals surface area contributed by atoms with Crippen LogP contribution in [0.2, 0.25) is 0 Å². The molecule has 32 heavy (non-hydrogen) atoms. The molecule has 0 radical (unpaired) electrons. The molecule has 0 bridgehead atoms. The Labute approximate surface area is 195 Å². The van der Waals surface area contributed by atoms with Gasteiger partial charge in [0.2, 0.25) is 0 Å². The average Bonchev–Trinajstić information content (AvgIpc) is 3.06. The van der Waals surface area contributed by atoms with Gasteiger partial charge in [-0.25, -0.2) is 0 Å². The van der Waals surface area contributed by atoms with E-state index < -0.39 is 6.10 Å². The van der Waals surface area contributed by atoms with Crippen LogP contribution in [0.4, 0.5) is 0 Å². The second-order valence-electron chi connectivity index (χ2n) is 12.5. The number of fused-ring (bicyclic) bond motifs is 4. The van der Waals surface area contributed by atoms with Gasteiger partial charge in [0.05, 0.1) is 6.10 Å². The lowest BCUT2D eigenvalue weighted by Crippen LogP contribution is -2.54. The predicted octanol–water partition coefficient (Wildman–Crippen LogP) is 6.30. The lowest BCUT2D eigenvalue weighted by atomic mass is 9.48. The number of rotatable bonds is 5. The third kappa shape index (κ3) is 3.49. The first kappa shape index (κ1) is 23.9. The van der Waals surface area contributed by atoms with E-state index in [2.05, 4.69) is 41.2 Å². The molecule has 4 aliphatic rings. The van der Waals surface area contributed by atoms with Crippen LogP contribution in [0.1, 0.15) is 92.9 Å². The zero-order valence-corrected chi connectivity index (χ0v) is 21.2. The summed E-state index contributed by atoms with van der Waals surface area (Å²) in [5.74, 6) is 2.47. The molecule has 2 saturated carbocycles. The maximum absolute atomic E-state index is 13.8. The first-order valence-corrected chi connectivity index (χ1v) is 13.1. The van der Waals surface area contributed by atoms with Gasteiger partial charge in [0.15, 0.2) is 5.78 Å². The van der Waals surface area contributed by atoms with Crippen molar-refractivity contribution >= 4 is 11.6 Å². The van der Waals surface area contributed by atoms with Crippen molar-refractivity contribution in [2.24, 2.45) is 46.3 Å². The average molecular weight is 441 g/mol. The number of carbonyl (C=O) groups excluding carboxylic acids is 2. The van der Waals surface area contributed by atoms with E-state index in [0.29, 0.717) is 48.7 Å². The van der Waals surface area contributed by atoms with Gasteiger partial charge in [0.25, 0.3) is 0 Å². The van der Waals surface area contributed by atoms with Crippen LogP contribution in [0.5, 0.6) is 0 Å². The van der Waals surface area contributed by atoms with Crippen molar-refractivity contribution in [3.8, 4) is 0 Å². The number of aliphatic hydroxyl groups excluding tert-OH is 1. The highest BCUT2D eigenvalue weighted by Gasteiger charge is 2.61. The highest BCUT2D eigenvalue weighted by molar-refractivity contribution is 6.00. The minimum Gasteiger partial charge on any atom is -0.389 e. The summed E-state index contributed by atoms with van der Waals surface area (Å²) in [6, 6.07) is 0. The molecule has 0 aromatic rings. The van der Waals surface area contributed by atoms with E-state index in [1.165, 1.54) is 5.57 Å². The van der Waals surface area contributed by atoms with E-state index in [1.807, 2.05) is 6.92 Å². The van der Waals surface area contributed by atoms with Crippen molar-refractivity contribution in [1.29, 1.82) is 0 Å². The summed E-state index contributed by atoms with van der Waals surface area (Å²) in [5.41, 5.74) is 3.02. The number of hydrogen-bond donors (Lipinski definition) is 1.